The van der Waals surface area contributed by atoms with Crippen molar-refractivity contribution >= 4 is 23.5 Å². The Bertz CT molecular complexity index is 752. The first-order valence-corrected chi connectivity index (χ1v) is 6.44. The highest BCUT2D eigenvalue weighted by Gasteiger charge is 2.09. The molecule has 0 aliphatic heterocycles. The third-order valence-electron chi connectivity index (χ3n) is 2.99. The smallest absolute Gasteiger partial charge is 0.255 e. The van der Waals surface area contributed by atoms with Crippen molar-refractivity contribution in [3.05, 3.63) is 59.2 Å². The Morgan fingerprint density at radius 3 is 2.04 bits per heavy atom. The zero-order valence-corrected chi connectivity index (χ0v) is 12.0. The molecule has 0 bridgehead atoms. The Balaban J connectivity index is 2.32. The molecule has 0 aliphatic rings. The molecule has 1 amide bonds. The lowest BCUT2D eigenvalue weighted by molar-refractivity contribution is -0.255. The van der Waals surface area contributed by atoms with Crippen LogP contribution in [0.3, 0.4) is 0 Å². The molecule has 0 unspecified atom stereocenters. The zero-order valence-electron chi connectivity index (χ0n) is 12.0. The molecule has 0 aliphatic carbocycles. The molecular formula is C16H11NO6-2. The number of amides is 1. The molecule has 118 valence electrons. The molecule has 7 nitrogen and oxygen atoms in total. The Morgan fingerprint density at radius 1 is 0.913 bits per heavy atom. The Morgan fingerprint density at radius 2 is 1.52 bits per heavy atom. The van der Waals surface area contributed by atoms with Gasteiger partial charge in [0.2, 0.25) is 0 Å². The highest BCUT2D eigenvalue weighted by molar-refractivity contribution is 6.05. The summed E-state index contributed by atoms with van der Waals surface area (Å²) in [6.07, 6.45) is 0. The number of ether oxygens (including phenoxy) is 1. The molecule has 0 saturated heterocycles. The van der Waals surface area contributed by atoms with Gasteiger partial charge in [-0.05, 0) is 47.5 Å². The van der Waals surface area contributed by atoms with Gasteiger partial charge < -0.3 is 29.9 Å². The van der Waals surface area contributed by atoms with Crippen LogP contribution in [-0.2, 0) is 0 Å². The van der Waals surface area contributed by atoms with Gasteiger partial charge in [0.15, 0.2) is 0 Å². The number of carboxylic acid groups (broad SMARTS) is 2. The first kappa shape index (κ1) is 16.0. The maximum absolute atomic E-state index is 12.2. The zero-order chi connectivity index (χ0) is 17.0. The van der Waals surface area contributed by atoms with Crippen molar-refractivity contribution in [2.75, 3.05) is 12.4 Å². The summed E-state index contributed by atoms with van der Waals surface area (Å²) < 4.78 is 5.00. The van der Waals surface area contributed by atoms with E-state index in [0.29, 0.717) is 5.75 Å². The maximum Gasteiger partial charge on any atom is 0.255 e. The fourth-order valence-corrected chi connectivity index (χ4v) is 1.90. The van der Waals surface area contributed by atoms with Crippen LogP contribution in [0, 0.1) is 0 Å². The molecule has 0 atom stereocenters. The summed E-state index contributed by atoms with van der Waals surface area (Å²) in [4.78, 5) is 34.0. The minimum Gasteiger partial charge on any atom is -0.545 e. The minimum atomic E-state index is -1.56. The van der Waals surface area contributed by atoms with E-state index < -0.39 is 17.8 Å². The van der Waals surface area contributed by atoms with Gasteiger partial charge in [-0.2, -0.15) is 0 Å². The van der Waals surface area contributed by atoms with Crippen molar-refractivity contribution in [3.63, 3.8) is 0 Å². The highest BCUT2D eigenvalue weighted by atomic mass is 16.5. The van der Waals surface area contributed by atoms with Gasteiger partial charge in [0.1, 0.15) is 5.75 Å². The summed E-state index contributed by atoms with van der Waals surface area (Å²) in [6.45, 7) is 0. The Kier molecular flexibility index (Phi) is 4.61. The lowest BCUT2D eigenvalue weighted by Gasteiger charge is -2.12. The van der Waals surface area contributed by atoms with Crippen LogP contribution in [0.25, 0.3) is 0 Å². The van der Waals surface area contributed by atoms with Crippen LogP contribution < -0.4 is 20.3 Å². The molecular weight excluding hydrogens is 302 g/mol. The summed E-state index contributed by atoms with van der Waals surface area (Å²) in [5.74, 6) is -3.21. The standard InChI is InChI=1S/C16H13NO6/c1-23-13-4-2-3-9(8-13)14(18)17-12-6-10(15(19)20)5-11(7-12)16(21)22/h2-8H,1H3,(H,17,18)(H,19,20)(H,21,22)/p-2. The van der Waals surface area contributed by atoms with Gasteiger partial charge in [-0.25, -0.2) is 0 Å². The number of rotatable bonds is 5. The Hall–Kier alpha value is -3.35. The number of aromatic carboxylic acids is 2. The largest absolute Gasteiger partial charge is 0.545 e. The SMILES string of the molecule is COc1cccc(C(=O)Nc2cc(C(=O)[O-])cc(C(=O)[O-])c2)c1. The Labute approximate surface area is 131 Å². The quantitative estimate of drug-likeness (QED) is 0.807. The molecule has 0 spiro atoms. The normalized spacial score (nSPS) is 9.96. The number of carboxylic acids is 2. The first-order chi connectivity index (χ1) is 10.9. The van der Waals surface area contributed by atoms with Crippen LogP contribution in [0.15, 0.2) is 42.5 Å². The maximum atomic E-state index is 12.2. The summed E-state index contributed by atoms with van der Waals surface area (Å²) in [6, 6.07) is 9.36. The van der Waals surface area contributed by atoms with Crippen molar-refractivity contribution in [2.45, 2.75) is 0 Å². The second-order valence-electron chi connectivity index (χ2n) is 4.56. The van der Waals surface area contributed by atoms with Crippen molar-refractivity contribution in [3.8, 4) is 5.75 Å². The van der Waals surface area contributed by atoms with Gasteiger partial charge in [-0.1, -0.05) is 6.07 Å². The minimum absolute atomic E-state index is 0.00119. The number of benzene rings is 2. The van der Waals surface area contributed by atoms with Crippen LogP contribution >= 0.6 is 0 Å². The van der Waals surface area contributed by atoms with Crippen molar-refractivity contribution in [2.24, 2.45) is 0 Å². The molecule has 2 aromatic rings. The van der Waals surface area contributed by atoms with E-state index in [2.05, 4.69) is 5.32 Å². The van der Waals surface area contributed by atoms with Crippen molar-refractivity contribution in [1.82, 2.24) is 0 Å². The van der Waals surface area contributed by atoms with Crippen LogP contribution in [0.1, 0.15) is 31.1 Å². The number of carbonyl (C=O) groups is 3. The molecule has 1 N–H and O–H groups in total. The third kappa shape index (κ3) is 3.85. The second kappa shape index (κ2) is 6.61. The van der Waals surface area contributed by atoms with Crippen molar-refractivity contribution in [1.29, 1.82) is 0 Å². The number of hydrogen-bond donors (Lipinski definition) is 1. The summed E-state index contributed by atoms with van der Waals surface area (Å²) in [7, 11) is 1.45. The van der Waals surface area contributed by atoms with Gasteiger partial charge in [0.05, 0.1) is 19.0 Å². The molecule has 2 rings (SSSR count). The van der Waals surface area contributed by atoms with Crippen LogP contribution in [0.2, 0.25) is 0 Å². The molecule has 0 fully saturated rings. The fourth-order valence-electron chi connectivity index (χ4n) is 1.90. The second-order valence-corrected chi connectivity index (χ2v) is 4.56. The van der Waals surface area contributed by atoms with E-state index in [0.717, 1.165) is 18.2 Å². The summed E-state index contributed by atoms with van der Waals surface area (Å²) in [5.41, 5.74) is -0.503. The number of methoxy groups -OCH3 is 1. The average molecular weight is 313 g/mol. The molecule has 0 saturated carbocycles. The van der Waals surface area contributed by atoms with Crippen LogP contribution in [-0.4, -0.2) is 25.0 Å². The molecule has 7 heteroatoms. The van der Waals surface area contributed by atoms with Gasteiger partial charge in [-0.15, -0.1) is 0 Å². The number of carbonyl (C=O) groups excluding carboxylic acids is 3. The number of nitrogens with one attached hydrogen (secondary N) is 1. The number of anilines is 1. The highest BCUT2D eigenvalue weighted by Crippen LogP contribution is 2.18. The van der Waals surface area contributed by atoms with Gasteiger partial charge in [-0.3, -0.25) is 4.79 Å². The lowest BCUT2D eigenvalue weighted by Crippen LogP contribution is -2.26. The van der Waals surface area contributed by atoms with E-state index in [1.54, 1.807) is 12.1 Å². The molecule has 2 aromatic carbocycles. The molecule has 23 heavy (non-hydrogen) atoms. The molecule has 0 heterocycles. The number of hydrogen-bond acceptors (Lipinski definition) is 6. The van der Waals surface area contributed by atoms with Crippen LogP contribution in [0.4, 0.5) is 5.69 Å². The fraction of sp³-hybridized carbons (Fsp3) is 0.0625. The van der Waals surface area contributed by atoms with Crippen molar-refractivity contribution < 1.29 is 29.3 Å². The van der Waals surface area contributed by atoms with E-state index in [-0.39, 0.29) is 22.4 Å². The molecule has 0 radical (unpaired) electrons. The van der Waals surface area contributed by atoms with E-state index >= 15 is 0 Å². The molecule has 0 aromatic heterocycles. The predicted octanol–water partition coefficient (Wildman–Crippen LogP) is -0.326. The summed E-state index contributed by atoms with van der Waals surface area (Å²) >= 11 is 0. The third-order valence-corrected chi connectivity index (χ3v) is 2.99. The monoisotopic (exact) mass is 313 g/mol. The van der Waals surface area contributed by atoms with E-state index in [4.69, 9.17) is 4.74 Å². The van der Waals surface area contributed by atoms with E-state index in [1.807, 2.05) is 0 Å². The van der Waals surface area contributed by atoms with Crippen LogP contribution in [0.5, 0.6) is 5.75 Å². The van der Waals surface area contributed by atoms with Gasteiger partial charge >= 0.3 is 0 Å². The lowest BCUT2D eigenvalue weighted by atomic mass is 10.1. The topological polar surface area (TPSA) is 119 Å². The van der Waals surface area contributed by atoms with E-state index in [9.17, 15) is 24.6 Å². The average Bonchev–Trinajstić information content (AvgIpc) is 2.54. The first-order valence-electron chi connectivity index (χ1n) is 6.44. The predicted molar refractivity (Wildman–Crippen MR) is 76.1 cm³/mol. The van der Waals surface area contributed by atoms with Gasteiger partial charge in [0, 0.05) is 11.3 Å². The summed E-state index contributed by atoms with van der Waals surface area (Å²) in [5, 5.41) is 24.3. The van der Waals surface area contributed by atoms with E-state index in [1.165, 1.54) is 19.2 Å². The van der Waals surface area contributed by atoms with Gasteiger partial charge in [0.25, 0.3) is 5.91 Å².